The van der Waals surface area contributed by atoms with Crippen LogP contribution in [0.1, 0.15) is 13.3 Å². The van der Waals surface area contributed by atoms with Crippen molar-refractivity contribution in [1.82, 2.24) is 0 Å². The number of amides is 1. The Balaban J connectivity index is 1.90. The summed E-state index contributed by atoms with van der Waals surface area (Å²) in [4.78, 5) is 23.6. The minimum atomic E-state index is -3.03. The third-order valence-electron chi connectivity index (χ3n) is 3.42. The van der Waals surface area contributed by atoms with Crippen molar-refractivity contribution in [1.29, 1.82) is 0 Å². The van der Waals surface area contributed by atoms with Gasteiger partial charge in [-0.25, -0.2) is 0 Å². The highest BCUT2D eigenvalue weighted by Gasteiger charge is 2.69. The van der Waals surface area contributed by atoms with Crippen LogP contribution in [0.3, 0.4) is 0 Å². The van der Waals surface area contributed by atoms with Gasteiger partial charge in [-0.3, -0.25) is 9.59 Å². The van der Waals surface area contributed by atoms with Crippen LogP contribution in [0, 0.1) is 5.41 Å². The van der Waals surface area contributed by atoms with Gasteiger partial charge in [0.05, 0.1) is 5.69 Å². The van der Waals surface area contributed by atoms with Gasteiger partial charge < -0.3 is 14.8 Å². The first-order valence-corrected chi connectivity index (χ1v) is 7.30. The summed E-state index contributed by atoms with van der Waals surface area (Å²) in [7, 11) is 0. The Morgan fingerprint density at radius 1 is 1.35 bits per heavy atom. The quantitative estimate of drug-likeness (QED) is 0.618. The second-order valence-corrected chi connectivity index (χ2v) is 6.70. The SMILES string of the molecule is C[C@]1(C(=O)OCC(=O)Nc2ccccc2OC(F)F)CC1(Cl)Cl. The van der Waals surface area contributed by atoms with Crippen LogP contribution in [-0.4, -0.2) is 29.4 Å². The third-order valence-corrected chi connectivity index (χ3v) is 4.52. The first kappa shape index (κ1) is 17.7. The number of esters is 1. The highest BCUT2D eigenvalue weighted by atomic mass is 35.5. The zero-order valence-electron chi connectivity index (χ0n) is 11.9. The number of nitrogens with one attached hydrogen (secondary N) is 1. The van der Waals surface area contributed by atoms with Crippen LogP contribution in [0.2, 0.25) is 0 Å². The largest absolute Gasteiger partial charge is 0.455 e. The van der Waals surface area contributed by atoms with Gasteiger partial charge in [-0.05, 0) is 19.1 Å². The Kier molecular flexibility index (Phi) is 5.01. The predicted octanol–water partition coefficient (Wildman–Crippen LogP) is 3.35. The van der Waals surface area contributed by atoms with Crippen LogP contribution in [0.15, 0.2) is 24.3 Å². The maximum Gasteiger partial charge on any atom is 0.387 e. The number of rotatable bonds is 6. The van der Waals surface area contributed by atoms with Gasteiger partial charge in [-0.1, -0.05) is 12.1 Å². The summed E-state index contributed by atoms with van der Waals surface area (Å²) >= 11 is 11.7. The van der Waals surface area contributed by atoms with E-state index < -0.39 is 34.8 Å². The summed E-state index contributed by atoms with van der Waals surface area (Å²) in [5, 5.41) is 2.32. The number of benzene rings is 1. The molecular formula is C14H13Cl2F2NO4. The van der Waals surface area contributed by atoms with E-state index >= 15 is 0 Å². The van der Waals surface area contributed by atoms with E-state index in [1.54, 1.807) is 0 Å². The maximum atomic E-state index is 12.3. The van der Waals surface area contributed by atoms with Gasteiger partial charge in [-0.2, -0.15) is 8.78 Å². The second-order valence-electron chi connectivity index (χ2n) is 5.21. The molecule has 0 bridgehead atoms. The summed E-state index contributed by atoms with van der Waals surface area (Å²) in [6.07, 6.45) is 0.231. The van der Waals surface area contributed by atoms with Crippen molar-refractivity contribution in [3.05, 3.63) is 24.3 Å². The van der Waals surface area contributed by atoms with Crippen LogP contribution in [0.25, 0.3) is 0 Å². The Morgan fingerprint density at radius 3 is 2.52 bits per heavy atom. The summed E-state index contributed by atoms with van der Waals surface area (Å²) < 4.78 is 32.5. The van der Waals surface area contributed by atoms with Crippen molar-refractivity contribution in [3.63, 3.8) is 0 Å². The van der Waals surface area contributed by atoms with E-state index in [1.807, 2.05) is 0 Å². The number of carbonyl (C=O) groups is 2. The molecule has 5 nitrogen and oxygen atoms in total. The van der Waals surface area contributed by atoms with Crippen molar-refractivity contribution in [2.45, 2.75) is 24.3 Å². The minimum absolute atomic E-state index is 0.0375. The van der Waals surface area contributed by atoms with Gasteiger partial charge in [0, 0.05) is 6.42 Å². The topological polar surface area (TPSA) is 64.6 Å². The Morgan fingerprint density at radius 2 is 1.96 bits per heavy atom. The summed E-state index contributed by atoms with van der Waals surface area (Å²) in [5.74, 6) is -1.60. The van der Waals surface area contributed by atoms with Crippen molar-refractivity contribution in [2.75, 3.05) is 11.9 Å². The molecule has 0 aliphatic heterocycles. The first-order chi connectivity index (χ1) is 10.7. The molecule has 2 rings (SSSR count). The number of hydrogen-bond acceptors (Lipinski definition) is 4. The molecule has 1 aromatic rings. The van der Waals surface area contributed by atoms with Crippen LogP contribution in [0.4, 0.5) is 14.5 Å². The molecule has 0 aromatic heterocycles. The summed E-state index contributed by atoms with van der Waals surface area (Å²) in [5.41, 5.74) is -1.01. The molecule has 0 saturated heterocycles. The lowest BCUT2D eigenvalue weighted by Crippen LogP contribution is -2.27. The number of carbonyl (C=O) groups excluding carboxylic acids is 2. The Bertz CT molecular complexity index is 627. The van der Waals surface area contributed by atoms with E-state index in [4.69, 9.17) is 27.9 Å². The number of ether oxygens (including phenoxy) is 2. The third kappa shape index (κ3) is 4.03. The predicted molar refractivity (Wildman–Crippen MR) is 79.8 cm³/mol. The van der Waals surface area contributed by atoms with E-state index in [-0.39, 0.29) is 17.9 Å². The Hall–Kier alpha value is -1.60. The fraction of sp³-hybridized carbons (Fsp3) is 0.429. The molecule has 1 atom stereocenters. The zero-order chi connectivity index (χ0) is 17.3. The molecule has 0 unspecified atom stereocenters. The number of hydrogen-bond donors (Lipinski definition) is 1. The number of alkyl halides is 4. The highest BCUT2D eigenvalue weighted by molar-refractivity contribution is 6.53. The van der Waals surface area contributed by atoms with Gasteiger partial charge in [0.1, 0.15) is 15.5 Å². The molecular weight excluding hydrogens is 355 g/mol. The van der Waals surface area contributed by atoms with E-state index in [0.717, 1.165) is 0 Å². The highest BCUT2D eigenvalue weighted by Crippen LogP contribution is 2.64. The monoisotopic (exact) mass is 367 g/mol. The molecule has 0 heterocycles. The number of para-hydroxylation sites is 2. The molecule has 1 saturated carbocycles. The lowest BCUT2D eigenvalue weighted by atomic mass is 10.1. The lowest BCUT2D eigenvalue weighted by molar-refractivity contribution is -0.152. The van der Waals surface area contributed by atoms with Crippen molar-refractivity contribution >= 4 is 40.8 Å². The molecule has 1 fully saturated rings. The molecule has 1 aromatic carbocycles. The van der Waals surface area contributed by atoms with E-state index in [2.05, 4.69) is 10.1 Å². The maximum absolute atomic E-state index is 12.3. The van der Waals surface area contributed by atoms with Crippen LogP contribution in [-0.2, 0) is 14.3 Å². The first-order valence-electron chi connectivity index (χ1n) is 6.54. The molecule has 126 valence electrons. The lowest BCUT2D eigenvalue weighted by Gasteiger charge is -2.13. The fourth-order valence-corrected chi connectivity index (χ4v) is 2.56. The normalized spacial score (nSPS) is 21.7. The van der Waals surface area contributed by atoms with E-state index in [9.17, 15) is 18.4 Å². The standard InChI is InChI=1S/C14H13Cl2F2NO4/c1-13(7-14(13,15)16)11(21)22-6-10(20)19-8-4-2-3-5-9(8)23-12(17)18/h2-5,12H,6-7H2,1H3,(H,19,20)/t13-/m1/s1. The fourth-order valence-electron chi connectivity index (χ4n) is 1.87. The minimum Gasteiger partial charge on any atom is -0.455 e. The molecule has 0 radical (unpaired) electrons. The van der Waals surface area contributed by atoms with Crippen LogP contribution < -0.4 is 10.1 Å². The molecule has 1 amide bonds. The van der Waals surface area contributed by atoms with Crippen molar-refractivity contribution in [3.8, 4) is 5.75 Å². The van der Waals surface area contributed by atoms with Crippen LogP contribution >= 0.6 is 23.2 Å². The zero-order valence-corrected chi connectivity index (χ0v) is 13.5. The molecule has 1 aliphatic rings. The van der Waals surface area contributed by atoms with E-state index in [1.165, 1.54) is 31.2 Å². The molecule has 9 heteroatoms. The van der Waals surface area contributed by atoms with Gasteiger partial charge >= 0.3 is 12.6 Å². The molecule has 1 aliphatic carbocycles. The smallest absolute Gasteiger partial charge is 0.387 e. The van der Waals surface area contributed by atoms with Gasteiger partial charge in [0.15, 0.2) is 6.61 Å². The average Bonchev–Trinajstić information content (AvgIpc) is 2.98. The van der Waals surface area contributed by atoms with Crippen LogP contribution in [0.5, 0.6) is 5.75 Å². The van der Waals surface area contributed by atoms with Crippen molar-refractivity contribution < 1.29 is 27.8 Å². The molecule has 0 spiro atoms. The Labute approximate surface area is 140 Å². The summed E-state index contributed by atoms with van der Waals surface area (Å²) in [6, 6.07) is 5.65. The van der Waals surface area contributed by atoms with E-state index in [0.29, 0.717) is 0 Å². The number of halogens is 4. The molecule has 23 heavy (non-hydrogen) atoms. The van der Waals surface area contributed by atoms with Gasteiger partial charge in [0.25, 0.3) is 5.91 Å². The second kappa shape index (κ2) is 6.49. The van der Waals surface area contributed by atoms with Crippen molar-refractivity contribution in [2.24, 2.45) is 5.41 Å². The summed E-state index contributed by atoms with van der Waals surface area (Å²) in [6.45, 7) is -2.10. The number of anilines is 1. The molecule has 1 N–H and O–H groups in total. The van der Waals surface area contributed by atoms with Gasteiger partial charge in [-0.15, -0.1) is 23.2 Å². The van der Waals surface area contributed by atoms with Gasteiger partial charge in [0.2, 0.25) is 0 Å². The average molecular weight is 368 g/mol.